The summed E-state index contributed by atoms with van der Waals surface area (Å²) in [4.78, 5) is 0. The molecule has 0 heterocycles. The van der Waals surface area contributed by atoms with Crippen molar-refractivity contribution in [3.05, 3.63) is 0 Å². The Balaban J connectivity index is 0. The quantitative estimate of drug-likeness (QED) is 0.551. The summed E-state index contributed by atoms with van der Waals surface area (Å²) in [5.74, 6) is 0. The average Bonchev–Trinajstić information content (AvgIpc) is 1.37. The van der Waals surface area contributed by atoms with Crippen LogP contribution in [0.2, 0.25) is 0 Å². The van der Waals surface area contributed by atoms with Crippen LogP contribution >= 0.6 is 24.0 Å². The molecule has 0 fully saturated rings. The van der Waals surface area contributed by atoms with E-state index in [1.54, 1.807) is 0 Å². The number of aliphatic hydroxyl groups is 2. The van der Waals surface area contributed by atoms with Crippen molar-refractivity contribution in [2.45, 2.75) is 0 Å². The van der Waals surface area contributed by atoms with Crippen LogP contribution < -0.4 is 0 Å². The van der Waals surface area contributed by atoms with Gasteiger partial charge in [0.05, 0.1) is 13.2 Å². The highest BCUT2D eigenvalue weighted by molar-refractivity contribution is 14.0. The Morgan fingerprint density at radius 1 is 1.00 bits per heavy atom. The molecule has 2 nitrogen and oxygen atoms in total. The number of hydrogen-bond donors (Lipinski definition) is 2. The molecule has 5 heavy (non-hydrogen) atoms. The Morgan fingerprint density at radius 2 is 1.20 bits per heavy atom. The van der Waals surface area contributed by atoms with Crippen LogP contribution in [0.5, 0.6) is 0 Å². The van der Waals surface area contributed by atoms with Gasteiger partial charge in [0.1, 0.15) is 0 Å². The van der Waals surface area contributed by atoms with Crippen LogP contribution in [0.1, 0.15) is 0 Å². The molecule has 0 atom stereocenters. The van der Waals surface area contributed by atoms with Crippen LogP contribution in [0.15, 0.2) is 0 Å². The van der Waals surface area contributed by atoms with Crippen molar-refractivity contribution < 1.29 is 10.2 Å². The molecule has 3 heteroatoms. The molecule has 2 N–H and O–H groups in total. The Kier molecular flexibility index (Phi) is 16.2. The van der Waals surface area contributed by atoms with Crippen molar-refractivity contribution in [2.75, 3.05) is 13.2 Å². The van der Waals surface area contributed by atoms with Crippen LogP contribution in [0.25, 0.3) is 0 Å². The molecule has 0 saturated carbocycles. The maximum atomic E-state index is 7.62. The van der Waals surface area contributed by atoms with E-state index in [9.17, 15) is 0 Å². The first kappa shape index (κ1) is 9.17. The fraction of sp³-hybridized carbons (Fsp3) is 1.00. The maximum Gasteiger partial charge on any atom is 0.0662 e. The zero-order chi connectivity index (χ0) is 3.41. The smallest absolute Gasteiger partial charge is 0.0662 e. The van der Waals surface area contributed by atoms with Crippen LogP contribution in [0.4, 0.5) is 0 Å². The summed E-state index contributed by atoms with van der Waals surface area (Å²) < 4.78 is 0. The van der Waals surface area contributed by atoms with Gasteiger partial charge in [-0.2, -0.15) is 0 Å². The molecule has 0 saturated heterocycles. The highest BCUT2D eigenvalue weighted by atomic mass is 127. The van der Waals surface area contributed by atoms with Gasteiger partial charge in [0, 0.05) is 0 Å². The summed E-state index contributed by atoms with van der Waals surface area (Å²) in [6.07, 6.45) is 0. The van der Waals surface area contributed by atoms with E-state index in [1.165, 1.54) is 0 Å². The van der Waals surface area contributed by atoms with Crippen molar-refractivity contribution in [2.24, 2.45) is 0 Å². The maximum absolute atomic E-state index is 7.62. The van der Waals surface area contributed by atoms with Gasteiger partial charge in [-0.15, -0.1) is 24.0 Å². The average molecular weight is 190 g/mol. The first-order chi connectivity index (χ1) is 1.91. The van der Waals surface area contributed by atoms with Gasteiger partial charge < -0.3 is 10.2 Å². The predicted molar refractivity (Wildman–Crippen MR) is 29.6 cm³/mol. The highest BCUT2D eigenvalue weighted by Gasteiger charge is 1.58. The first-order valence-corrected chi connectivity index (χ1v) is 1.13. The standard InChI is InChI=1S/C2H6O2.HI/c3-1-2-4;/h3-4H,1-2H2;1H. The van der Waals surface area contributed by atoms with Gasteiger partial charge in [0.15, 0.2) is 0 Å². The fourth-order valence-corrected chi connectivity index (χ4v) is 0. The molecule has 0 spiro atoms. The van der Waals surface area contributed by atoms with E-state index >= 15 is 0 Å². The van der Waals surface area contributed by atoms with E-state index in [-0.39, 0.29) is 37.2 Å². The summed E-state index contributed by atoms with van der Waals surface area (Å²) in [5.41, 5.74) is 0. The lowest BCUT2D eigenvalue weighted by atomic mass is 10.8. The third kappa shape index (κ3) is 12.0. The van der Waals surface area contributed by atoms with Crippen molar-refractivity contribution in [1.29, 1.82) is 0 Å². The zero-order valence-electron chi connectivity index (χ0n) is 2.72. The minimum absolute atomic E-state index is 0. The van der Waals surface area contributed by atoms with Crippen molar-refractivity contribution in [3.8, 4) is 0 Å². The van der Waals surface area contributed by atoms with E-state index in [0.29, 0.717) is 0 Å². The first-order valence-electron chi connectivity index (χ1n) is 1.13. The van der Waals surface area contributed by atoms with E-state index in [2.05, 4.69) is 0 Å². The monoisotopic (exact) mass is 190 g/mol. The van der Waals surface area contributed by atoms with E-state index in [0.717, 1.165) is 0 Å². The summed E-state index contributed by atoms with van der Waals surface area (Å²) >= 11 is 0. The molecule has 0 aliphatic carbocycles. The van der Waals surface area contributed by atoms with Crippen molar-refractivity contribution >= 4 is 24.0 Å². The van der Waals surface area contributed by atoms with Crippen LogP contribution in [0.3, 0.4) is 0 Å². The van der Waals surface area contributed by atoms with Gasteiger partial charge in [-0.05, 0) is 0 Å². The third-order valence-corrected chi connectivity index (χ3v) is 0.1000. The second-order valence-electron chi connectivity index (χ2n) is 0.447. The molecule has 34 valence electrons. The zero-order valence-corrected chi connectivity index (χ0v) is 5.05. The Labute approximate surface area is 47.8 Å². The second-order valence-corrected chi connectivity index (χ2v) is 0.447. The van der Waals surface area contributed by atoms with Gasteiger partial charge >= 0.3 is 0 Å². The Morgan fingerprint density at radius 3 is 1.20 bits per heavy atom. The molecule has 0 rings (SSSR count). The van der Waals surface area contributed by atoms with Crippen LogP contribution in [0, 0.1) is 0 Å². The molecule has 0 aliphatic rings. The molecule has 0 bridgehead atoms. The molecule has 0 amide bonds. The van der Waals surface area contributed by atoms with Gasteiger partial charge in [-0.1, -0.05) is 0 Å². The van der Waals surface area contributed by atoms with Gasteiger partial charge in [-0.25, -0.2) is 0 Å². The van der Waals surface area contributed by atoms with E-state index in [4.69, 9.17) is 10.2 Å². The molecule has 0 aromatic carbocycles. The molecule has 0 aliphatic heterocycles. The largest absolute Gasteiger partial charge is 0.394 e. The lowest BCUT2D eigenvalue weighted by molar-refractivity contribution is 0.186. The summed E-state index contributed by atoms with van der Waals surface area (Å²) in [6.45, 7) is -0.250. The third-order valence-electron chi connectivity index (χ3n) is 0.1000. The summed E-state index contributed by atoms with van der Waals surface area (Å²) in [6, 6.07) is 0. The van der Waals surface area contributed by atoms with Crippen molar-refractivity contribution in [3.63, 3.8) is 0 Å². The lowest BCUT2D eigenvalue weighted by Crippen LogP contribution is -1.85. The fourth-order valence-electron chi connectivity index (χ4n) is 0. The van der Waals surface area contributed by atoms with Crippen LogP contribution in [-0.4, -0.2) is 23.4 Å². The topological polar surface area (TPSA) is 40.5 Å². The SMILES string of the molecule is I.OCCO. The lowest BCUT2D eigenvalue weighted by Gasteiger charge is -1.70. The van der Waals surface area contributed by atoms with Gasteiger partial charge in [-0.3, -0.25) is 0 Å². The van der Waals surface area contributed by atoms with Crippen molar-refractivity contribution in [1.82, 2.24) is 0 Å². The number of halogens is 1. The van der Waals surface area contributed by atoms with Crippen LogP contribution in [-0.2, 0) is 0 Å². The number of aliphatic hydroxyl groups excluding tert-OH is 2. The van der Waals surface area contributed by atoms with E-state index in [1.807, 2.05) is 0 Å². The van der Waals surface area contributed by atoms with Gasteiger partial charge in [0.2, 0.25) is 0 Å². The Bertz CT molecular complexity index is 9.61. The highest BCUT2D eigenvalue weighted by Crippen LogP contribution is 1.39. The number of rotatable bonds is 1. The summed E-state index contributed by atoms with van der Waals surface area (Å²) in [7, 11) is 0. The number of hydrogen-bond acceptors (Lipinski definition) is 2. The molecule has 0 radical (unpaired) electrons. The Hall–Kier alpha value is 0.650. The second kappa shape index (κ2) is 8.82. The molecule has 0 unspecified atom stereocenters. The molecule has 0 aromatic heterocycles. The summed E-state index contributed by atoms with van der Waals surface area (Å²) in [5, 5.41) is 15.2. The molecular weight excluding hydrogens is 183 g/mol. The van der Waals surface area contributed by atoms with E-state index < -0.39 is 0 Å². The van der Waals surface area contributed by atoms with Gasteiger partial charge in [0.25, 0.3) is 0 Å². The minimum atomic E-state index is -0.125. The molecule has 0 aromatic rings. The minimum Gasteiger partial charge on any atom is -0.394 e. The predicted octanol–water partition coefficient (Wildman–Crippen LogP) is -0.411. The normalized spacial score (nSPS) is 6.00. The molecular formula is C2H7IO2.